The molecule has 2 amide bonds. The SMILES string of the molecule is Cc1ccc(NC(=O)CSc2ccccc2C(=O)NCc2nc3ccccc3n2C)cc1. The number of imidazole rings is 1. The Kier molecular flexibility index (Phi) is 6.56. The van der Waals surface area contributed by atoms with E-state index in [9.17, 15) is 9.59 Å². The fraction of sp³-hybridized carbons (Fsp3) is 0.160. The summed E-state index contributed by atoms with van der Waals surface area (Å²) in [5, 5.41) is 5.84. The first-order valence-corrected chi connectivity index (χ1v) is 11.3. The van der Waals surface area contributed by atoms with Crippen LogP contribution in [0.5, 0.6) is 0 Å². The van der Waals surface area contributed by atoms with Gasteiger partial charge in [0.1, 0.15) is 5.82 Å². The van der Waals surface area contributed by atoms with Gasteiger partial charge in [-0.15, -0.1) is 11.8 Å². The number of fused-ring (bicyclic) bond motifs is 1. The van der Waals surface area contributed by atoms with Crippen molar-refractivity contribution in [1.82, 2.24) is 14.9 Å². The zero-order valence-electron chi connectivity index (χ0n) is 18.0. The van der Waals surface area contributed by atoms with Crippen LogP contribution in [-0.2, 0) is 18.4 Å². The fourth-order valence-electron chi connectivity index (χ4n) is 3.37. The molecule has 0 fully saturated rings. The van der Waals surface area contributed by atoms with Gasteiger partial charge < -0.3 is 15.2 Å². The summed E-state index contributed by atoms with van der Waals surface area (Å²) in [6.07, 6.45) is 0. The van der Waals surface area contributed by atoms with Gasteiger partial charge >= 0.3 is 0 Å². The Morgan fingerprint density at radius 2 is 1.69 bits per heavy atom. The van der Waals surface area contributed by atoms with E-state index in [4.69, 9.17) is 0 Å². The van der Waals surface area contributed by atoms with Crippen molar-refractivity contribution in [2.45, 2.75) is 18.4 Å². The van der Waals surface area contributed by atoms with Gasteiger partial charge in [0.15, 0.2) is 0 Å². The quantitative estimate of drug-likeness (QED) is 0.410. The Labute approximate surface area is 191 Å². The highest BCUT2D eigenvalue weighted by Gasteiger charge is 2.14. The lowest BCUT2D eigenvalue weighted by molar-refractivity contribution is -0.113. The highest BCUT2D eigenvalue weighted by atomic mass is 32.2. The first-order chi connectivity index (χ1) is 15.5. The molecule has 0 aliphatic carbocycles. The number of para-hydroxylation sites is 2. The molecule has 0 radical (unpaired) electrons. The zero-order valence-corrected chi connectivity index (χ0v) is 18.8. The molecule has 1 aromatic heterocycles. The lowest BCUT2D eigenvalue weighted by Crippen LogP contribution is -2.25. The van der Waals surface area contributed by atoms with Crippen molar-refractivity contribution in [3.8, 4) is 0 Å². The highest BCUT2D eigenvalue weighted by molar-refractivity contribution is 8.00. The summed E-state index contributed by atoms with van der Waals surface area (Å²) in [6.45, 7) is 2.32. The van der Waals surface area contributed by atoms with Crippen LogP contribution < -0.4 is 10.6 Å². The van der Waals surface area contributed by atoms with Crippen LogP contribution in [-0.4, -0.2) is 27.1 Å². The minimum atomic E-state index is -0.195. The third kappa shape index (κ3) is 5.00. The van der Waals surface area contributed by atoms with Crippen molar-refractivity contribution in [3.63, 3.8) is 0 Å². The van der Waals surface area contributed by atoms with Crippen LogP contribution in [0.25, 0.3) is 11.0 Å². The predicted octanol–water partition coefficient (Wildman–Crippen LogP) is 4.54. The van der Waals surface area contributed by atoms with Crippen LogP contribution in [0.4, 0.5) is 5.69 Å². The molecule has 0 saturated heterocycles. The Hall–Kier alpha value is -3.58. The van der Waals surface area contributed by atoms with E-state index in [0.29, 0.717) is 12.1 Å². The first kappa shape index (κ1) is 21.6. The van der Waals surface area contributed by atoms with Crippen molar-refractivity contribution >= 4 is 40.3 Å². The molecular formula is C25H24N4O2S. The molecule has 3 aromatic carbocycles. The van der Waals surface area contributed by atoms with Crippen molar-refractivity contribution in [2.24, 2.45) is 7.05 Å². The second-order valence-electron chi connectivity index (χ2n) is 7.46. The summed E-state index contributed by atoms with van der Waals surface area (Å²) in [5.74, 6) is 0.679. The van der Waals surface area contributed by atoms with E-state index in [1.807, 2.05) is 85.3 Å². The summed E-state index contributed by atoms with van der Waals surface area (Å²) in [7, 11) is 1.94. The summed E-state index contributed by atoms with van der Waals surface area (Å²) < 4.78 is 1.98. The van der Waals surface area contributed by atoms with Gasteiger partial charge in [0.05, 0.1) is 28.9 Å². The monoisotopic (exact) mass is 444 g/mol. The maximum atomic E-state index is 12.9. The summed E-state index contributed by atoms with van der Waals surface area (Å²) in [4.78, 5) is 30.6. The molecule has 6 nitrogen and oxygen atoms in total. The van der Waals surface area contributed by atoms with Crippen molar-refractivity contribution in [2.75, 3.05) is 11.1 Å². The van der Waals surface area contributed by atoms with Crippen molar-refractivity contribution in [3.05, 3.63) is 89.7 Å². The number of carbonyl (C=O) groups excluding carboxylic acids is 2. The molecule has 7 heteroatoms. The molecule has 2 N–H and O–H groups in total. The number of nitrogens with one attached hydrogen (secondary N) is 2. The van der Waals surface area contributed by atoms with E-state index < -0.39 is 0 Å². The van der Waals surface area contributed by atoms with E-state index in [1.165, 1.54) is 11.8 Å². The molecule has 4 rings (SSSR count). The first-order valence-electron chi connectivity index (χ1n) is 10.3. The molecule has 4 aromatic rings. The largest absolute Gasteiger partial charge is 0.345 e. The van der Waals surface area contributed by atoms with Gasteiger partial charge in [0.25, 0.3) is 5.91 Å². The molecular weight excluding hydrogens is 420 g/mol. The summed E-state index contributed by atoms with van der Waals surface area (Å²) in [5.41, 5.74) is 4.35. The van der Waals surface area contributed by atoms with Crippen LogP contribution in [0.2, 0.25) is 0 Å². The van der Waals surface area contributed by atoms with Gasteiger partial charge in [-0.25, -0.2) is 4.98 Å². The molecule has 162 valence electrons. The minimum absolute atomic E-state index is 0.117. The smallest absolute Gasteiger partial charge is 0.252 e. The summed E-state index contributed by atoms with van der Waals surface area (Å²) in [6, 6.07) is 22.8. The van der Waals surface area contributed by atoms with Gasteiger partial charge in [-0.05, 0) is 43.3 Å². The number of nitrogens with zero attached hydrogens (tertiary/aromatic N) is 2. The van der Waals surface area contributed by atoms with E-state index in [2.05, 4.69) is 15.6 Å². The molecule has 32 heavy (non-hydrogen) atoms. The second kappa shape index (κ2) is 9.70. The highest BCUT2D eigenvalue weighted by Crippen LogP contribution is 2.23. The van der Waals surface area contributed by atoms with Crippen LogP contribution in [0, 0.1) is 6.92 Å². The number of hydrogen-bond acceptors (Lipinski definition) is 4. The van der Waals surface area contributed by atoms with Crippen LogP contribution in [0.15, 0.2) is 77.7 Å². The summed E-state index contributed by atoms with van der Waals surface area (Å²) >= 11 is 1.34. The number of thioether (sulfide) groups is 1. The van der Waals surface area contributed by atoms with Gasteiger partial charge in [0, 0.05) is 17.6 Å². The van der Waals surface area contributed by atoms with Crippen LogP contribution in [0.3, 0.4) is 0 Å². The number of hydrogen-bond donors (Lipinski definition) is 2. The number of rotatable bonds is 7. The number of anilines is 1. The predicted molar refractivity (Wildman–Crippen MR) is 129 cm³/mol. The third-order valence-electron chi connectivity index (χ3n) is 5.11. The van der Waals surface area contributed by atoms with E-state index in [1.54, 1.807) is 6.07 Å². The van der Waals surface area contributed by atoms with Crippen LogP contribution >= 0.6 is 11.8 Å². The molecule has 0 saturated carbocycles. The Balaban J connectivity index is 1.38. The number of benzene rings is 3. The fourth-order valence-corrected chi connectivity index (χ4v) is 4.22. The Morgan fingerprint density at radius 3 is 2.47 bits per heavy atom. The van der Waals surface area contributed by atoms with Gasteiger partial charge in [-0.1, -0.05) is 42.0 Å². The number of amides is 2. The Bertz CT molecular complexity index is 1260. The molecule has 0 aliphatic heterocycles. The lowest BCUT2D eigenvalue weighted by Gasteiger charge is -2.10. The topological polar surface area (TPSA) is 76.0 Å². The van der Waals surface area contributed by atoms with Gasteiger partial charge in [0.2, 0.25) is 5.91 Å². The van der Waals surface area contributed by atoms with Gasteiger partial charge in [-0.2, -0.15) is 0 Å². The molecule has 0 unspecified atom stereocenters. The molecule has 1 heterocycles. The number of aromatic nitrogens is 2. The normalized spacial score (nSPS) is 10.8. The maximum Gasteiger partial charge on any atom is 0.252 e. The van der Waals surface area contributed by atoms with E-state index in [-0.39, 0.29) is 17.6 Å². The number of aryl methyl sites for hydroxylation is 2. The molecule has 0 atom stereocenters. The molecule has 0 aliphatic rings. The number of carbonyl (C=O) groups is 2. The maximum absolute atomic E-state index is 12.9. The van der Waals surface area contributed by atoms with E-state index in [0.717, 1.165) is 33.0 Å². The lowest BCUT2D eigenvalue weighted by atomic mass is 10.2. The average molecular weight is 445 g/mol. The Morgan fingerprint density at radius 1 is 0.969 bits per heavy atom. The standard InChI is InChI=1S/C25H24N4O2S/c1-17-11-13-18(14-12-17)27-24(30)16-32-22-10-6-3-7-19(22)25(31)26-15-23-28-20-8-4-5-9-21(20)29(23)2/h3-14H,15-16H2,1-2H3,(H,26,31)(H,27,30). The average Bonchev–Trinajstić information content (AvgIpc) is 3.13. The van der Waals surface area contributed by atoms with Crippen molar-refractivity contribution < 1.29 is 9.59 Å². The molecule has 0 bridgehead atoms. The van der Waals surface area contributed by atoms with E-state index >= 15 is 0 Å². The third-order valence-corrected chi connectivity index (χ3v) is 6.19. The van der Waals surface area contributed by atoms with Crippen molar-refractivity contribution in [1.29, 1.82) is 0 Å². The molecule has 0 spiro atoms. The van der Waals surface area contributed by atoms with Gasteiger partial charge in [-0.3, -0.25) is 9.59 Å². The van der Waals surface area contributed by atoms with Crippen LogP contribution in [0.1, 0.15) is 21.7 Å². The minimum Gasteiger partial charge on any atom is -0.345 e. The second-order valence-corrected chi connectivity index (χ2v) is 8.47. The zero-order chi connectivity index (χ0) is 22.5.